The average Bonchev–Trinajstić information content (AvgIpc) is 2.31. The predicted molar refractivity (Wildman–Crippen MR) is 106 cm³/mol. The van der Waals surface area contributed by atoms with Crippen LogP contribution in [0, 0.1) is 0 Å². The molecule has 166 valence electrons. The Kier molecular flexibility index (Phi) is 14.5. The molecule has 0 heterocycles. The van der Waals surface area contributed by atoms with Gasteiger partial charge in [0.15, 0.2) is 5.40 Å². The average molecular weight is 476 g/mol. The van der Waals surface area contributed by atoms with Gasteiger partial charge in [-0.2, -0.15) is 8.42 Å². The van der Waals surface area contributed by atoms with Crippen molar-refractivity contribution in [3.63, 3.8) is 0 Å². The molecule has 0 aliphatic heterocycles. The van der Waals surface area contributed by atoms with E-state index in [-0.39, 0.29) is 31.0 Å². The summed E-state index contributed by atoms with van der Waals surface area (Å²) in [5, 5.41) is -1.51. The summed E-state index contributed by atoms with van der Waals surface area (Å²) >= 11 is 0. The largest absolute Gasteiger partial charge is 1.00 e. The van der Waals surface area contributed by atoms with E-state index in [1.807, 2.05) is 0 Å². The van der Waals surface area contributed by atoms with Gasteiger partial charge in [-0.05, 0) is 61.8 Å². The summed E-state index contributed by atoms with van der Waals surface area (Å²) in [6.07, 6.45) is -2.72. The zero-order valence-electron chi connectivity index (χ0n) is 19.3. The number of hydrogen-bond donors (Lipinski definition) is 1. The van der Waals surface area contributed by atoms with E-state index in [2.05, 4.69) is 0 Å². The maximum atomic E-state index is 13.6. The second kappa shape index (κ2) is 12.9. The van der Waals surface area contributed by atoms with Gasteiger partial charge in [0.25, 0.3) is 10.1 Å². The van der Waals surface area contributed by atoms with Gasteiger partial charge >= 0.3 is 44.7 Å². The van der Waals surface area contributed by atoms with Crippen molar-refractivity contribution < 1.29 is 71.2 Å². The summed E-state index contributed by atoms with van der Waals surface area (Å²) in [5.41, 5.74) is 0. The van der Waals surface area contributed by atoms with Crippen LogP contribution >= 0.6 is 15.2 Å². The molecule has 0 atom stereocenters. The van der Waals surface area contributed by atoms with Gasteiger partial charge in [0.2, 0.25) is 0 Å². The second-order valence-corrected chi connectivity index (χ2v) is 13.5. The summed E-state index contributed by atoms with van der Waals surface area (Å²) in [6, 6.07) is 0. The van der Waals surface area contributed by atoms with E-state index in [0.29, 0.717) is 0 Å². The van der Waals surface area contributed by atoms with Crippen LogP contribution in [0.25, 0.3) is 0 Å². The Bertz CT molecular complexity index is 590. The summed E-state index contributed by atoms with van der Waals surface area (Å²) in [6.45, 7) is 13.0. The third kappa shape index (κ3) is 12.2. The van der Waals surface area contributed by atoms with Crippen molar-refractivity contribution in [2.45, 2.75) is 91.6 Å². The van der Waals surface area contributed by atoms with Gasteiger partial charge in [0.05, 0.1) is 30.2 Å². The van der Waals surface area contributed by atoms with Crippen molar-refractivity contribution in [1.82, 2.24) is 0 Å². The van der Waals surface area contributed by atoms with Crippen LogP contribution in [0.1, 0.15) is 63.2 Å². The van der Waals surface area contributed by atoms with Crippen molar-refractivity contribution in [2.75, 3.05) is 5.75 Å². The molecular weight excluding hydrogens is 441 g/mol. The summed E-state index contributed by atoms with van der Waals surface area (Å²) in [7, 11) is -12.7. The molecule has 0 rings (SSSR count). The zero-order chi connectivity index (χ0) is 21.6. The van der Waals surface area contributed by atoms with Gasteiger partial charge in [-0.15, -0.1) is 0 Å². The molecule has 13 heteroatoms. The molecule has 0 aliphatic carbocycles. The quantitative estimate of drug-likeness (QED) is 0.241. The zero-order valence-corrected chi connectivity index (χ0v) is 22.9. The summed E-state index contributed by atoms with van der Waals surface area (Å²) in [4.78, 5) is 0. The van der Waals surface area contributed by atoms with Crippen LogP contribution in [0.4, 0.5) is 0 Å². The first-order chi connectivity index (χ1) is 12.0. The van der Waals surface area contributed by atoms with Gasteiger partial charge in [-0.25, -0.2) is 0 Å². The Balaban J connectivity index is -0.00000338. The van der Waals surface area contributed by atoms with Crippen LogP contribution in [0.3, 0.4) is 0 Å². The van der Waals surface area contributed by atoms with Crippen LogP contribution in [0.5, 0.6) is 0 Å². The van der Waals surface area contributed by atoms with E-state index in [1.165, 1.54) is 0 Å². The molecule has 28 heavy (non-hydrogen) atoms. The molecule has 0 saturated heterocycles. The monoisotopic (exact) mass is 476 g/mol. The van der Waals surface area contributed by atoms with E-state index >= 15 is 0 Å². The number of hydrogen-bond acceptors (Lipinski definition) is 8. The molecule has 0 spiro atoms. The Hall–Kier alpha value is 1.21. The Morgan fingerprint density at radius 1 is 0.750 bits per heavy atom. The first kappa shape index (κ1) is 31.4. The fraction of sp³-hybridized carbons (Fsp3) is 1.00. The standard InChI is InChI=1S/C15H34O9P2S.Na.H/c1-11(2)21-25(16,22-12(3)4)15(9-10-27(18,19)20)26(17,23-13(5)6)24-14(7)8;;/h11-15H,9-10H2,1-8H3,(H,18,19,20);;/q;+1;-1. The summed E-state index contributed by atoms with van der Waals surface area (Å²) < 4.78 is 81.0. The van der Waals surface area contributed by atoms with Gasteiger partial charge in [0.1, 0.15) is 0 Å². The van der Waals surface area contributed by atoms with Crippen molar-refractivity contribution in [3.8, 4) is 0 Å². The first-order valence-electron chi connectivity index (χ1n) is 8.89. The Morgan fingerprint density at radius 2 is 1.00 bits per heavy atom. The summed E-state index contributed by atoms with van der Waals surface area (Å²) in [5.74, 6) is -0.794. The van der Waals surface area contributed by atoms with E-state index in [4.69, 9.17) is 22.6 Å². The third-order valence-electron chi connectivity index (χ3n) is 2.80. The van der Waals surface area contributed by atoms with Gasteiger partial charge in [0, 0.05) is 0 Å². The third-order valence-corrected chi connectivity index (χ3v) is 10.1. The minimum Gasteiger partial charge on any atom is -1.00 e. The molecule has 0 fully saturated rings. The fourth-order valence-electron chi connectivity index (χ4n) is 2.25. The second-order valence-electron chi connectivity index (χ2n) is 7.25. The first-order valence-corrected chi connectivity index (χ1v) is 13.7. The van der Waals surface area contributed by atoms with Crippen LogP contribution in [-0.4, -0.2) is 48.5 Å². The van der Waals surface area contributed by atoms with Crippen LogP contribution in [0.2, 0.25) is 0 Å². The van der Waals surface area contributed by atoms with Gasteiger partial charge in [-0.3, -0.25) is 13.7 Å². The van der Waals surface area contributed by atoms with Crippen molar-refractivity contribution in [2.24, 2.45) is 0 Å². The maximum Gasteiger partial charge on any atom is 1.00 e. The Labute approximate surface area is 193 Å². The predicted octanol–water partition coefficient (Wildman–Crippen LogP) is 1.79. The van der Waals surface area contributed by atoms with Crippen LogP contribution in [0.15, 0.2) is 0 Å². The van der Waals surface area contributed by atoms with Gasteiger partial charge < -0.3 is 19.5 Å². The molecule has 0 aromatic heterocycles. The van der Waals surface area contributed by atoms with E-state index in [0.717, 1.165) is 0 Å². The minimum atomic E-state index is -4.42. The van der Waals surface area contributed by atoms with Crippen LogP contribution in [-0.2, 0) is 37.3 Å². The van der Waals surface area contributed by atoms with E-state index < -0.39 is 67.3 Å². The van der Waals surface area contributed by atoms with Crippen molar-refractivity contribution >= 4 is 25.3 Å². The molecule has 0 unspecified atom stereocenters. The molecule has 1 N–H and O–H groups in total. The molecule has 9 nitrogen and oxygen atoms in total. The molecule has 0 saturated carbocycles. The molecule has 0 amide bonds. The minimum absolute atomic E-state index is 0. The SMILES string of the molecule is CC(C)OP(=O)(OC(C)C)C(CCS(=O)(=O)O)P(=O)(OC(C)C)OC(C)C.[H-].[Na+]. The Morgan fingerprint density at radius 3 is 1.18 bits per heavy atom. The molecular formula is C15H35NaO9P2S. The molecule has 0 radical (unpaired) electrons. The topological polar surface area (TPSA) is 125 Å². The van der Waals surface area contributed by atoms with Crippen LogP contribution < -0.4 is 29.6 Å². The van der Waals surface area contributed by atoms with E-state index in [1.54, 1.807) is 55.4 Å². The normalized spacial score (nSPS) is 13.8. The van der Waals surface area contributed by atoms with E-state index in [9.17, 15) is 17.5 Å². The molecule has 0 bridgehead atoms. The van der Waals surface area contributed by atoms with Crippen molar-refractivity contribution in [1.29, 1.82) is 0 Å². The van der Waals surface area contributed by atoms with Crippen molar-refractivity contribution in [3.05, 3.63) is 0 Å². The fourth-order valence-corrected chi connectivity index (χ4v) is 9.07. The van der Waals surface area contributed by atoms with Gasteiger partial charge in [-0.1, -0.05) is 0 Å². The molecule has 0 aromatic rings. The number of rotatable bonds is 13. The smallest absolute Gasteiger partial charge is 1.00 e. The molecule has 0 aliphatic rings. The molecule has 0 aromatic carbocycles. The maximum absolute atomic E-state index is 13.6.